The standard InChI is InChI=1S/C14H19N5O/c1-4-12(10-8-17-19(3)9-10)18-14(20)11-6-5-7-16-13(11)15-2/h5-9,12H,4H2,1-3H3,(H,15,16)(H,18,20)/t12-/m1/s1. The van der Waals surface area contributed by atoms with Gasteiger partial charge >= 0.3 is 0 Å². The van der Waals surface area contributed by atoms with Crippen molar-refractivity contribution in [1.29, 1.82) is 0 Å². The predicted molar refractivity (Wildman–Crippen MR) is 77.5 cm³/mol. The Morgan fingerprint density at radius 1 is 1.50 bits per heavy atom. The summed E-state index contributed by atoms with van der Waals surface area (Å²) in [5.41, 5.74) is 1.54. The summed E-state index contributed by atoms with van der Waals surface area (Å²) in [7, 11) is 3.61. The minimum Gasteiger partial charge on any atom is -0.372 e. The maximum absolute atomic E-state index is 12.4. The van der Waals surface area contributed by atoms with E-state index in [1.54, 1.807) is 36.3 Å². The molecule has 2 aromatic rings. The largest absolute Gasteiger partial charge is 0.372 e. The third-order valence-corrected chi connectivity index (χ3v) is 3.13. The fraction of sp³-hybridized carbons (Fsp3) is 0.357. The van der Waals surface area contributed by atoms with Crippen LogP contribution in [-0.4, -0.2) is 27.7 Å². The third-order valence-electron chi connectivity index (χ3n) is 3.13. The van der Waals surface area contributed by atoms with Crippen molar-refractivity contribution < 1.29 is 4.79 Å². The van der Waals surface area contributed by atoms with E-state index in [2.05, 4.69) is 20.7 Å². The van der Waals surface area contributed by atoms with Gasteiger partial charge in [0.25, 0.3) is 5.91 Å². The van der Waals surface area contributed by atoms with Crippen LogP contribution in [0.3, 0.4) is 0 Å². The van der Waals surface area contributed by atoms with E-state index in [4.69, 9.17) is 0 Å². The Labute approximate surface area is 118 Å². The van der Waals surface area contributed by atoms with E-state index in [0.717, 1.165) is 12.0 Å². The zero-order valence-corrected chi connectivity index (χ0v) is 11.9. The summed E-state index contributed by atoms with van der Waals surface area (Å²) in [5.74, 6) is 0.434. The number of amides is 1. The highest BCUT2D eigenvalue weighted by atomic mass is 16.1. The van der Waals surface area contributed by atoms with Crippen LogP contribution in [0, 0.1) is 0 Å². The zero-order chi connectivity index (χ0) is 14.5. The van der Waals surface area contributed by atoms with E-state index >= 15 is 0 Å². The number of carbonyl (C=O) groups excluding carboxylic acids is 1. The molecule has 2 aromatic heterocycles. The Morgan fingerprint density at radius 2 is 2.30 bits per heavy atom. The number of pyridine rings is 1. The molecule has 2 rings (SSSR count). The second-order valence-electron chi connectivity index (χ2n) is 4.53. The molecule has 0 radical (unpaired) electrons. The molecule has 0 spiro atoms. The van der Waals surface area contributed by atoms with Crippen LogP contribution in [0.15, 0.2) is 30.7 Å². The molecule has 6 nitrogen and oxygen atoms in total. The molecule has 0 saturated heterocycles. The van der Waals surface area contributed by atoms with Crippen molar-refractivity contribution in [3.05, 3.63) is 41.9 Å². The van der Waals surface area contributed by atoms with Crippen LogP contribution in [0.25, 0.3) is 0 Å². The number of anilines is 1. The summed E-state index contributed by atoms with van der Waals surface area (Å²) in [6.45, 7) is 2.03. The van der Waals surface area contributed by atoms with Gasteiger partial charge in [-0.3, -0.25) is 9.48 Å². The Bertz CT molecular complexity index is 593. The molecule has 0 saturated carbocycles. The van der Waals surface area contributed by atoms with E-state index < -0.39 is 0 Å². The fourth-order valence-corrected chi connectivity index (χ4v) is 2.06. The molecule has 0 bridgehead atoms. The number of nitrogens with one attached hydrogen (secondary N) is 2. The molecule has 2 heterocycles. The molecule has 1 amide bonds. The SMILES string of the molecule is CC[C@@H](NC(=O)c1cccnc1NC)c1cnn(C)c1. The predicted octanol–water partition coefficient (Wildman–Crippen LogP) is 1.74. The van der Waals surface area contributed by atoms with E-state index in [1.807, 2.05) is 20.2 Å². The number of rotatable bonds is 5. The highest BCUT2D eigenvalue weighted by molar-refractivity contribution is 5.98. The molecule has 0 unspecified atom stereocenters. The molecule has 6 heteroatoms. The highest BCUT2D eigenvalue weighted by Gasteiger charge is 2.17. The van der Waals surface area contributed by atoms with Crippen LogP contribution >= 0.6 is 0 Å². The first kappa shape index (κ1) is 14.0. The van der Waals surface area contributed by atoms with Crippen LogP contribution in [0.4, 0.5) is 5.82 Å². The summed E-state index contributed by atoms with van der Waals surface area (Å²) in [6.07, 6.45) is 6.14. The van der Waals surface area contributed by atoms with Gasteiger partial charge in [-0.15, -0.1) is 0 Å². The van der Waals surface area contributed by atoms with Crippen LogP contribution in [0.1, 0.15) is 35.3 Å². The first-order chi connectivity index (χ1) is 9.65. The third kappa shape index (κ3) is 2.96. The number of carbonyl (C=O) groups is 1. The van der Waals surface area contributed by atoms with Crippen LogP contribution < -0.4 is 10.6 Å². The Morgan fingerprint density at radius 3 is 2.90 bits per heavy atom. The summed E-state index contributed by atoms with van der Waals surface area (Å²) in [4.78, 5) is 16.5. The van der Waals surface area contributed by atoms with Gasteiger partial charge < -0.3 is 10.6 Å². The topological polar surface area (TPSA) is 71.8 Å². The molecule has 0 aliphatic heterocycles. The van der Waals surface area contributed by atoms with Crippen molar-refractivity contribution in [1.82, 2.24) is 20.1 Å². The molecule has 0 aliphatic carbocycles. The minimum atomic E-state index is -0.141. The molecular formula is C14H19N5O. The monoisotopic (exact) mass is 273 g/mol. The maximum Gasteiger partial charge on any atom is 0.255 e. The van der Waals surface area contributed by atoms with Crippen molar-refractivity contribution in [3.63, 3.8) is 0 Å². The Kier molecular flexibility index (Phi) is 4.34. The summed E-state index contributed by atoms with van der Waals surface area (Å²) in [6, 6.07) is 3.45. The minimum absolute atomic E-state index is 0.0545. The second kappa shape index (κ2) is 6.18. The van der Waals surface area contributed by atoms with Gasteiger partial charge in [-0.1, -0.05) is 6.92 Å². The van der Waals surface area contributed by atoms with E-state index in [-0.39, 0.29) is 11.9 Å². The molecule has 2 N–H and O–H groups in total. The molecule has 20 heavy (non-hydrogen) atoms. The number of aromatic nitrogens is 3. The maximum atomic E-state index is 12.4. The number of aryl methyl sites for hydroxylation is 1. The van der Waals surface area contributed by atoms with Crippen molar-refractivity contribution in [2.75, 3.05) is 12.4 Å². The number of hydrogen-bond acceptors (Lipinski definition) is 4. The van der Waals surface area contributed by atoms with E-state index in [9.17, 15) is 4.79 Å². The first-order valence-corrected chi connectivity index (χ1v) is 6.57. The van der Waals surface area contributed by atoms with E-state index in [1.165, 1.54) is 0 Å². The lowest BCUT2D eigenvalue weighted by atomic mass is 10.1. The normalized spacial score (nSPS) is 11.9. The van der Waals surface area contributed by atoms with Gasteiger partial charge in [0.15, 0.2) is 0 Å². The summed E-state index contributed by atoms with van der Waals surface area (Å²) < 4.78 is 1.73. The molecule has 0 aromatic carbocycles. The van der Waals surface area contributed by atoms with Crippen molar-refractivity contribution in [2.45, 2.75) is 19.4 Å². The number of nitrogens with zero attached hydrogens (tertiary/aromatic N) is 3. The van der Waals surface area contributed by atoms with Gasteiger partial charge in [-0.05, 0) is 18.6 Å². The Hall–Kier alpha value is -2.37. The van der Waals surface area contributed by atoms with Gasteiger partial charge in [0.1, 0.15) is 5.82 Å². The van der Waals surface area contributed by atoms with Gasteiger partial charge in [-0.25, -0.2) is 4.98 Å². The summed E-state index contributed by atoms with van der Waals surface area (Å²) in [5, 5.41) is 10.1. The first-order valence-electron chi connectivity index (χ1n) is 6.57. The molecule has 106 valence electrons. The molecule has 1 atom stereocenters. The van der Waals surface area contributed by atoms with Gasteiger partial charge in [0.05, 0.1) is 17.8 Å². The van der Waals surface area contributed by atoms with Gasteiger partial charge in [0, 0.05) is 32.1 Å². The van der Waals surface area contributed by atoms with Crippen molar-refractivity contribution in [3.8, 4) is 0 Å². The van der Waals surface area contributed by atoms with Crippen molar-refractivity contribution in [2.24, 2.45) is 7.05 Å². The molecule has 0 aliphatic rings. The summed E-state index contributed by atoms with van der Waals surface area (Å²) >= 11 is 0. The van der Waals surface area contributed by atoms with Crippen LogP contribution in [0.2, 0.25) is 0 Å². The highest BCUT2D eigenvalue weighted by Crippen LogP contribution is 2.18. The quantitative estimate of drug-likeness (QED) is 0.870. The smallest absolute Gasteiger partial charge is 0.255 e. The van der Waals surface area contributed by atoms with Crippen LogP contribution in [0.5, 0.6) is 0 Å². The zero-order valence-electron chi connectivity index (χ0n) is 11.9. The van der Waals surface area contributed by atoms with Crippen LogP contribution in [-0.2, 0) is 7.05 Å². The lowest BCUT2D eigenvalue weighted by Crippen LogP contribution is -2.28. The Balaban J connectivity index is 2.17. The lowest BCUT2D eigenvalue weighted by molar-refractivity contribution is 0.0936. The fourth-order valence-electron chi connectivity index (χ4n) is 2.06. The average molecular weight is 273 g/mol. The van der Waals surface area contributed by atoms with E-state index in [0.29, 0.717) is 11.4 Å². The van der Waals surface area contributed by atoms with Gasteiger partial charge in [0.2, 0.25) is 0 Å². The lowest BCUT2D eigenvalue weighted by Gasteiger charge is -2.16. The second-order valence-corrected chi connectivity index (χ2v) is 4.53. The average Bonchev–Trinajstić information content (AvgIpc) is 2.90. The van der Waals surface area contributed by atoms with Crippen molar-refractivity contribution >= 4 is 11.7 Å². The van der Waals surface area contributed by atoms with Gasteiger partial charge in [-0.2, -0.15) is 5.10 Å². The number of hydrogen-bond donors (Lipinski definition) is 2. The molecular weight excluding hydrogens is 254 g/mol. The molecule has 0 fully saturated rings.